The van der Waals surface area contributed by atoms with Crippen LogP contribution < -0.4 is 14.8 Å². The van der Waals surface area contributed by atoms with Crippen molar-refractivity contribution in [2.75, 3.05) is 38.3 Å². The molecule has 3 heterocycles. The van der Waals surface area contributed by atoms with E-state index in [0.29, 0.717) is 32.0 Å². The van der Waals surface area contributed by atoms with Gasteiger partial charge in [-0.2, -0.15) is 0 Å². The maximum Gasteiger partial charge on any atom is 0.315 e. The van der Waals surface area contributed by atoms with Crippen LogP contribution in [0.3, 0.4) is 0 Å². The molecular formula is C20H22N4O4. The molecule has 8 nitrogen and oxygen atoms in total. The number of hydrogen-bond donors (Lipinski definition) is 1. The van der Waals surface area contributed by atoms with Crippen LogP contribution in [0, 0.1) is 6.92 Å². The monoisotopic (exact) mass is 382 g/mol. The summed E-state index contributed by atoms with van der Waals surface area (Å²) in [7, 11) is 0. The normalized spacial score (nSPS) is 16.1. The molecule has 0 radical (unpaired) electrons. The molecule has 2 aliphatic rings. The third-order valence-electron chi connectivity index (χ3n) is 4.94. The number of anilines is 1. The number of carbonyl (C=O) groups excluding carboxylic acids is 2. The van der Waals surface area contributed by atoms with Gasteiger partial charge in [0, 0.05) is 38.9 Å². The van der Waals surface area contributed by atoms with E-state index in [1.807, 2.05) is 31.2 Å². The van der Waals surface area contributed by atoms with Gasteiger partial charge in [0.15, 0.2) is 11.5 Å². The first-order valence-electron chi connectivity index (χ1n) is 9.23. The molecule has 2 amide bonds. The van der Waals surface area contributed by atoms with Crippen LogP contribution in [0.25, 0.3) is 0 Å². The second-order valence-electron chi connectivity index (χ2n) is 6.88. The molecule has 2 aliphatic heterocycles. The first-order chi connectivity index (χ1) is 13.6. The summed E-state index contributed by atoms with van der Waals surface area (Å²) in [6.45, 7) is 5.29. The molecule has 8 heteroatoms. The Morgan fingerprint density at radius 2 is 1.89 bits per heavy atom. The van der Waals surface area contributed by atoms with Gasteiger partial charge < -0.3 is 19.7 Å². The Hall–Kier alpha value is -3.13. The van der Waals surface area contributed by atoms with Gasteiger partial charge in [-0.05, 0) is 36.2 Å². The topological polar surface area (TPSA) is 84.0 Å². The maximum atomic E-state index is 12.4. The van der Waals surface area contributed by atoms with E-state index in [2.05, 4.69) is 15.2 Å². The van der Waals surface area contributed by atoms with Crippen molar-refractivity contribution in [2.24, 2.45) is 0 Å². The van der Waals surface area contributed by atoms with E-state index in [1.54, 1.807) is 17.2 Å². The number of fused-ring (bicyclic) bond motifs is 1. The standard InChI is InChI=1S/C20H22N4O4/c1-14-3-2-6-21-18(14)22-19(25)20(26)24-9-7-23(8-10-24)12-15-4-5-16-17(11-15)28-13-27-16/h2-6,11H,7-10,12-13H2,1H3,(H,21,22,25). The molecule has 1 aromatic carbocycles. The number of carbonyl (C=O) groups is 2. The van der Waals surface area contributed by atoms with Crippen LogP contribution in [0.2, 0.25) is 0 Å². The molecule has 146 valence electrons. The van der Waals surface area contributed by atoms with Gasteiger partial charge in [-0.1, -0.05) is 12.1 Å². The number of piperazine rings is 1. The summed E-state index contributed by atoms with van der Waals surface area (Å²) in [6.07, 6.45) is 1.59. The molecule has 28 heavy (non-hydrogen) atoms. The molecule has 0 atom stereocenters. The molecule has 0 saturated carbocycles. The highest BCUT2D eigenvalue weighted by Gasteiger charge is 2.26. The smallest absolute Gasteiger partial charge is 0.315 e. The maximum absolute atomic E-state index is 12.4. The van der Waals surface area contributed by atoms with Gasteiger partial charge in [0.05, 0.1) is 0 Å². The number of ether oxygens (including phenoxy) is 2. The number of rotatable bonds is 3. The first-order valence-corrected chi connectivity index (χ1v) is 9.23. The van der Waals surface area contributed by atoms with Gasteiger partial charge in [-0.3, -0.25) is 14.5 Å². The minimum absolute atomic E-state index is 0.264. The Balaban J connectivity index is 1.29. The van der Waals surface area contributed by atoms with Crippen LogP contribution in [0.4, 0.5) is 5.82 Å². The minimum atomic E-state index is -0.647. The summed E-state index contributed by atoms with van der Waals surface area (Å²) in [5.41, 5.74) is 1.95. The fourth-order valence-corrected chi connectivity index (χ4v) is 3.33. The molecule has 0 aliphatic carbocycles. The molecule has 1 fully saturated rings. The number of nitrogens with zero attached hydrogens (tertiary/aromatic N) is 3. The van der Waals surface area contributed by atoms with Gasteiger partial charge in [0.25, 0.3) is 0 Å². The lowest BCUT2D eigenvalue weighted by Crippen LogP contribution is -2.51. The zero-order valence-corrected chi connectivity index (χ0v) is 15.7. The predicted octanol–water partition coefficient (Wildman–Crippen LogP) is 1.40. The van der Waals surface area contributed by atoms with E-state index in [1.165, 1.54) is 0 Å². The molecule has 2 aromatic rings. The number of pyridine rings is 1. The fourth-order valence-electron chi connectivity index (χ4n) is 3.33. The second kappa shape index (κ2) is 7.85. The Labute approximate surface area is 163 Å². The average Bonchev–Trinajstić information content (AvgIpc) is 3.17. The summed E-state index contributed by atoms with van der Waals surface area (Å²) < 4.78 is 10.8. The van der Waals surface area contributed by atoms with Crippen molar-refractivity contribution in [3.8, 4) is 11.5 Å². The van der Waals surface area contributed by atoms with Crippen LogP contribution in [0.5, 0.6) is 11.5 Å². The highest BCUT2D eigenvalue weighted by atomic mass is 16.7. The SMILES string of the molecule is Cc1cccnc1NC(=O)C(=O)N1CCN(Cc2ccc3c(c2)OCO3)CC1. The number of aromatic nitrogens is 1. The largest absolute Gasteiger partial charge is 0.454 e. The fraction of sp³-hybridized carbons (Fsp3) is 0.350. The first kappa shape index (κ1) is 18.2. The van der Waals surface area contributed by atoms with Gasteiger partial charge in [-0.15, -0.1) is 0 Å². The Morgan fingerprint density at radius 3 is 2.68 bits per heavy atom. The molecule has 1 saturated heterocycles. The van der Waals surface area contributed by atoms with Gasteiger partial charge in [0.1, 0.15) is 5.82 Å². The quantitative estimate of drug-likeness (QED) is 0.808. The summed E-state index contributed by atoms with van der Waals surface area (Å²) in [5.74, 6) is 0.794. The van der Waals surface area contributed by atoms with E-state index in [0.717, 1.165) is 29.2 Å². The van der Waals surface area contributed by atoms with Crippen molar-refractivity contribution < 1.29 is 19.1 Å². The van der Waals surface area contributed by atoms with Gasteiger partial charge in [-0.25, -0.2) is 4.98 Å². The minimum Gasteiger partial charge on any atom is -0.454 e. The zero-order chi connectivity index (χ0) is 19.5. The molecular weight excluding hydrogens is 360 g/mol. The molecule has 1 N–H and O–H groups in total. The summed E-state index contributed by atoms with van der Waals surface area (Å²) in [5, 5.41) is 2.60. The van der Waals surface area contributed by atoms with E-state index >= 15 is 0 Å². The number of aryl methyl sites for hydroxylation is 1. The van der Waals surface area contributed by atoms with Crippen LogP contribution in [-0.2, 0) is 16.1 Å². The van der Waals surface area contributed by atoms with E-state index in [4.69, 9.17) is 9.47 Å². The lowest BCUT2D eigenvalue weighted by atomic mass is 10.1. The molecule has 0 spiro atoms. The van der Waals surface area contributed by atoms with Crippen LogP contribution in [-0.4, -0.2) is 59.6 Å². The Morgan fingerprint density at radius 1 is 1.11 bits per heavy atom. The van der Waals surface area contributed by atoms with Crippen molar-refractivity contribution in [3.63, 3.8) is 0 Å². The highest BCUT2D eigenvalue weighted by molar-refractivity contribution is 6.39. The molecule has 0 bridgehead atoms. The summed E-state index contributed by atoms with van der Waals surface area (Å²) >= 11 is 0. The van der Waals surface area contributed by atoms with Crippen molar-refractivity contribution in [2.45, 2.75) is 13.5 Å². The number of hydrogen-bond acceptors (Lipinski definition) is 6. The zero-order valence-electron chi connectivity index (χ0n) is 15.7. The van der Waals surface area contributed by atoms with Crippen LogP contribution in [0.1, 0.15) is 11.1 Å². The lowest BCUT2D eigenvalue weighted by Gasteiger charge is -2.34. The third kappa shape index (κ3) is 3.91. The molecule has 0 unspecified atom stereocenters. The van der Waals surface area contributed by atoms with Crippen molar-refractivity contribution >= 4 is 17.6 Å². The number of amides is 2. The van der Waals surface area contributed by atoms with E-state index < -0.39 is 11.8 Å². The van der Waals surface area contributed by atoms with Crippen molar-refractivity contribution in [3.05, 3.63) is 47.7 Å². The van der Waals surface area contributed by atoms with Crippen molar-refractivity contribution in [1.82, 2.24) is 14.8 Å². The Kier molecular flexibility index (Phi) is 5.12. The van der Waals surface area contributed by atoms with Crippen molar-refractivity contribution in [1.29, 1.82) is 0 Å². The van der Waals surface area contributed by atoms with Crippen LogP contribution in [0.15, 0.2) is 36.5 Å². The molecule has 1 aromatic heterocycles. The van der Waals surface area contributed by atoms with E-state index in [-0.39, 0.29) is 6.79 Å². The summed E-state index contributed by atoms with van der Waals surface area (Å²) in [4.78, 5) is 32.6. The Bertz CT molecular complexity index is 894. The van der Waals surface area contributed by atoms with Crippen LogP contribution >= 0.6 is 0 Å². The third-order valence-corrected chi connectivity index (χ3v) is 4.94. The van der Waals surface area contributed by atoms with Gasteiger partial charge in [0.2, 0.25) is 6.79 Å². The molecule has 4 rings (SSSR count). The van der Waals surface area contributed by atoms with Gasteiger partial charge >= 0.3 is 11.8 Å². The second-order valence-corrected chi connectivity index (χ2v) is 6.88. The predicted molar refractivity (Wildman–Crippen MR) is 102 cm³/mol. The summed E-state index contributed by atoms with van der Waals surface area (Å²) in [6, 6.07) is 9.55. The average molecular weight is 382 g/mol. The number of nitrogens with one attached hydrogen (secondary N) is 1. The lowest BCUT2D eigenvalue weighted by molar-refractivity contribution is -0.144. The van der Waals surface area contributed by atoms with E-state index in [9.17, 15) is 9.59 Å². The highest BCUT2D eigenvalue weighted by Crippen LogP contribution is 2.32. The number of benzene rings is 1.